The van der Waals surface area contributed by atoms with Crippen molar-refractivity contribution in [2.24, 2.45) is 0 Å². The van der Waals surface area contributed by atoms with Gasteiger partial charge in [-0.2, -0.15) is 41.3 Å². The highest BCUT2D eigenvalue weighted by Crippen LogP contribution is 2.25. The van der Waals surface area contributed by atoms with Crippen LogP contribution in [0.1, 0.15) is 6.92 Å². The van der Waals surface area contributed by atoms with Crippen molar-refractivity contribution >= 4 is 23.5 Å². The molecule has 12 heteroatoms. The molecule has 22 heavy (non-hydrogen) atoms. The maximum atomic E-state index is 12.6. The summed E-state index contributed by atoms with van der Waals surface area (Å²) in [6.45, 7) is 3.78. The van der Waals surface area contributed by atoms with Crippen molar-refractivity contribution in [1.29, 1.82) is 0 Å². The van der Waals surface area contributed by atoms with Gasteiger partial charge in [-0.05, 0) is 18.5 Å². The van der Waals surface area contributed by atoms with Gasteiger partial charge in [-0.25, -0.2) is 0 Å². The number of hydrogen-bond acceptors (Lipinski definition) is 5. The first kappa shape index (κ1) is 18.3. The maximum Gasteiger partial charge on any atom is 0.412 e. The van der Waals surface area contributed by atoms with E-state index in [1.165, 1.54) is 0 Å². The van der Waals surface area contributed by atoms with E-state index in [0.717, 1.165) is 6.92 Å². The molecule has 5 nitrogen and oxygen atoms in total. The highest BCUT2D eigenvalue weighted by Gasteiger charge is 2.39. The molecule has 0 amide bonds. The summed E-state index contributed by atoms with van der Waals surface area (Å²) in [5.74, 6) is -1.25. The van der Waals surface area contributed by atoms with Crippen LogP contribution in [0, 0.1) is 0 Å². The van der Waals surface area contributed by atoms with E-state index in [0.29, 0.717) is 6.08 Å². The normalized spacial score (nSPS) is 15.1. The first-order chi connectivity index (χ1) is 9.93. The van der Waals surface area contributed by atoms with Gasteiger partial charge in [0.15, 0.2) is 0 Å². The lowest BCUT2D eigenvalue weighted by Crippen LogP contribution is -2.36. The molecular formula is C10H10ClF6N5. The summed E-state index contributed by atoms with van der Waals surface area (Å²) in [5.41, 5.74) is 0. The van der Waals surface area contributed by atoms with Gasteiger partial charge in [0.25, 0.3) is 0 Å². The van der Waals surface area contributed by atoms with Gasteiger partial charge >= 0.3 is 12.4 Å². The van der Waals surface area contributed by atoms with Gasteiger partial charge < -0.3 is 10.6 Å². The summed E-state index contributed by atoms with van der Waals surface area (Å²) < 4.78 is 75.0. The van der Waals surface area contributed by atoms with Crippen molar-refractivity contribution in [3.63, 3.8) is 0 Å². The van der Waals surface area contributed by atoms with Crippen LogP contribution in [-0.2, 0) is 0 Å². The number of anilines is 2. The number of hydrogen-bond donors (Lipinski definition) is 2. The van der Waals surface area contributed by atoms with Gasteiger partial charge in [-0.1, -0.05) is 6.08 Å². The second-order valence-electron chi connectivity index (χ2n) is 4.06. The number of nitrogens with zero attached hydrogens (tertiary/aromatic N) is 3. The maximum absolute atomic E-state index is 12.6. The van der Waals surface area contributed by atoms with Crippen LogP contribution in [0.25, 0.3) is 0 Å². The Labute approximate surface area is 125 Å². The lowest BCUT2D eigenvalue weighted by molar-refractivity contribution is -0.138. The quantitative estimate of drug-likeness (QED) is 0.630. The predicted octanol–water partition coefficient (Wildman–Crippen LogP) is 3.42. The molecule has 0 bridgehead atoms. The van der Waals surface area contributed by atoms with E-state index in [2.05, 4.69) is 21.5 Å². The van der Waals surface area contributed by atoms with Crippen LogP contribution in [0.2, 0.25) is 5.28 Å². The van der Waals surface area contributed by atoms with Gasteiger partial charge in [0.2, 0.25) is 17.2 Å². The largest absolute Gasteiger partial charge is 0.412 e. The fourth-order valence-electron chi connectivity index (χ4n) is 1.17. The fourth-order valence-corrected chi connectivity index (χ4v) is 1.33. The summed E-state index contributed by atoms with van der Waals surface area (Å²) in [6, 6.07) is -4.23. The van der Waals surface area contributed by atoms with Crippen molar-refractivity contribution < 1.29 is 26.3 Å². The first-order valence-electron chi connectivity index (χ1n) is 5.64. The average molecular weight is 350 g/mol. The SMILES string of the molecule is C=C[C@@H](Nc1nc(Cl)nc(N[C@H](C)C(F)(F)F)n1)C(F)(F)F. The lowest BCUT2D eigenvalue weighted by atomic mass is 10.3. The van der Waals surface area contributed by atoms with Gasteiger partial charge in [-0.15, -0.1) is 6.58 Å². The molecule has 0 aliphatic rings. The van der Waals surface area contributed by atoms with Crippen LogP contribution in [0.4, 0.5) is 38.2 Å². The molecule has 0 saturated heterocycles. The molecule has 0 spiro atoms. The van der Waals surface area contributed by atoms with Crippen LogP contribution < -0.4 is 10.6 Å². The van der Waals surface area contributed by atoms with Gasteiger partial charge in [0, 0.05) is 0 Å². The van der Waals surface area contributed by atoms with Crippen LogP contribution in [0.5, 0.6) is 0 Å². The summed E-state index contributed by atoms with van der Waals surface area (Å²) >= 11 is 5.46. The molecule has 0 unspecified atom stereocenters. The zero-order valence-corrected chi connectivity index (χ0v) is 11.7. The minimum absolute atomic E-state index is 0.545. The minimum atomic E-state index is -4.69. The zero-order chi connectivity index (χ0) is 17.1. The molecule has 0 aliphatic heterocycles. The van der Waals surface area contributed by atoms with Crippen molar-refractivity contribution in [3.05, 3.63) is 17.9 Å². The van der Waals surface area contributed by atoms with E-state index >= 15 is 0 Å². The van der Waals surface area contributed by atoms with Crippen LogP contribution in [0.3, 0.4) is 0 Å². The Balaban J connectivity index is 2.97. The topological polar surface area (TPSA) is 62.7 Å². The molecule has 0 saturated carbocycles. The van der Waals surface area contributed by atoms with E-state index in [9.17, 15) is 26.3 Å². The molecular weight excluding hydrogens is 340 g/mol. The van der Waals surface area contributed by atoms with E-state index in [4.69, 9.17) is 11.6 Å². The van der Waals surface area contributed by atoms with E-state index < -0.39 is 41.6 Å². The van der Waals surface area contributed by atoms with E-state index in [1.807, 2.05) is 10.6 Å². The highest BCUT2D eigenvalue weighted by atomic mass is 35.5. The van der Waals surface area contributed by atoms with Crippen molar-refractivity contribution in [2.75, 3.05) is 10.6 Å². The minimum Gasteiger partial charge on any atom is -0.343 e. The third-order valence-corrected chi connectivity index (χ3v) is 2.49. The summed E-state index contributed by atoms with van der Waals surface area (Å²) in [4.78, 5) is 10.1. The lowest BCUT2D eigenvalue weighted by Gasteiger charge is -2.19. The Bertz CT molecular complexity index is 532. The highest BCUT2D eigenvalue weighted by molar-refractivity contribution is 6.28. The Hall–Kier alpha value is -1.78. The predicted molar refractivity (Wildman–Crippen MR) is 67.6 cm³/mol. The molecule has 0 aliphatic carbocycles. The Morgan fingerprint density at radius 3 is 1.91 bits per heavy atom. The van der Waals surface area contributed by atoms with Crippen molar-refractivity contribution in [3.8, 4) is 0 Å². The molecule has 0 radical (unpaired) electrons. The van der Waals surface area contributed by atoms with Crippen LogP contribution >= 0.6 is 11.6 Å². The monoisotopic (exact) mass is 349 g/mol. The molecule has 1 aromatic heterocycles. The summed E-state index contributed by atoms with van der Waals surface area (Å²) in [6.07, 6.45) is -8.74. The molecule has 1 heterocycles. The van der Waals surface area contributed by atoms with Crippen LogP contribution in [0.15, 0.2) is 12.7 Å². The average Bonchev–Trinajstić information content (AvgIpc) is 2.32. The third-order valence-electron chi connectivity index (χ3n) is 2.32. The standard InChI is InChI=1S/C10H10ClF6N5/c1-3-5(10(15,16)17)19-8-21-6(11)20-7(22-8)18-4(2)9(12,13)14/h3-5H,1H2,2H3,(H2,18,19,20,21,22)/t4-,5-/m1/s1. The molecule has 2 atom stereocenters. The molecule has 0 aromatic carbocycles. The second-order valence-corrected chi connectivity index (χ2v) is 4.40. The number of halogens is 7. The zero-order valence-electron chi connectivity index (χ0n) is 10.9. The number of rotatable bonds is 5. The van der Waals surface area contributed by atoms with Gasteiger partial charge in [0.1, 0.15) is 12.1 Å². The Morgan fingerprint density at radius 2 is 1.50 bits per heavy atom. The third kappa shape index (κ3) is 5.20. The molecule has 1 aromatic rings. The summed E-state index contributed by atoms with van der Waals surface area (Å²) in [7, 11) is 0. The van der Waals surface area contributed by atoms with Crippen LogP contribution in [-0.4, -0.2) is 39.4 Å². The number of alkyl halides is 6. The van der Waals surface area contributed by atoms with Gasteiger partial charge in [-0.3, -0.25) is 0 Å². The molecule has 0 fully saturated rings. The van der Waals surface area contributed by atoms with E-state index in [-0.39, 0.29) is 0 Å². The molecule has 2 N–H and O–H groups in total. The van der Waals surface area contributed by atoms with Crippen molar-refractivity contribution in [2.45, 2.75) is 31.4 Å². The van der Waals surface area contributed by atoms with Crippen molar-refractivity contribution in [1.82, 2.24) is 15.0 Å². The fraction of sp³-hybridized carbons (Fsp3) is 0.500. The number of nitrogens with one attached hydrogen (secondary N) is 2. The van der Waals surface area contributed by atoms with E-state index in [1.54, 1.807) is 0 Å². The second kappa shape index (κ2) is 6.55. The molecule has 1 rings (SSSR count). The Kier molecular flexibility index (Phi) is 5.44. The number of aromatic nitrogens is 3. The van der Waals surface area contributed by atoms with Gasteiger partial charge in [0.05, 0.1) is 0 Å². The first-order valence-corrected chi connectivity index (χ1v) is 6.02. The Morgan fingerprint density at radius 1 is 1.00 bits per heavy atom. The molecule has 124 valence electrons. The smallest absolute Gasteiger partial charge is 0.343 e. The summed E-state index contributed by atoms with van der Waals surface area (Å²) in [5, 5.41) is 3.16.